The van der Waals surface area contributed by atoms with Crippen LogP contribution in [0.3, 0.4) is 0 Å². The first-order chi connectivity index (χ1) is 12.4. The predicted octanol–water partition coefficient (Wildman–Crippen LogP) is 0.714. The summed E-state index contributed by atoms with van der Waals surface area (Å²) < 4.78 is 8.92. The predicted molar refractivity (Wildman–Crippen MR) is 107 cm³/mol. The molecule has 4 heteroatoms. The summed E-state index contributed by atoms with van der Waals surface area (Å²) in [4.78, 5) is 0. The van der Waals surface area contributed by atoms with Gasteiger partial charge in [-0.15, -0.1) is 0 Å². The van der Waals surface area contributed by atoms with Crippen LogP contribution in [0.25, 0.3) is 0 Å². The lowest BCUT2D eigenvalue weighted by Crippen LogP contribution is -3.61. The first kappa shape index (κ1) is 24.0. The highest BCUT2D eigenvalue weighted by molar-refractivity contribution is 9.09. The van der Waals surface area contributed by atoms with Crippen LogP contribution in [0.15, 0.2) is 54.6 Å². The van der Waals surface area contributed by atoms with Crippen molar-refractivity contribution in [1.82, 2.24) is 0 Å². The molecular weight excluding hydrogens is 567 g/mol. The van der Waals surface area contributed by atoms with Crippen molar-refractivity contribution >= 4 is 15.9 Å². The van der Waals surface area contributed by atoms with Crippen LogP contribution in [0.2, 0.25) is 0 Å². The van der Waals surface area contributed by atoms with Crippen molar-refractivity contribution in [1.29, 1.82) is 0 Å². The zero-order valence-corrected chi connectivity index (χ0v) is 20.6. The molecule has 0 aliphatic heterocycles. The van der Waals surface area contributed by atoms with Crippen molar-refractivity contribution in [3.8, 4) is 5.75 Å². The average molecular weight is 596 g/mol. The fourth-order valence-electron chi connectivity index (χ4n) is 2.67. The number of halogens is 3. The highest BCUT2D eigenvalue weighted by Gasteiger charge is 2.20. The number of hydrogen-bond acceptors (Lipinski definition) is 1. The molecule has 0 aliphatic rings. The Morgan fingerprint density at radius 1 is 0.692 bits per heavy atom. The third kappa shape index (κ3) is 10.3. The van der Waals surface area contributed by atoms with Gasteiger partial charge in [-0.1, -0.05) is 84.8 Å². The minimum absolute atomic E-state index is 0. The number of alkyl halides is 1. The van der Waals surface area contributed by atoms with Crippen molar-refractivity contribution in [3.05, 3.63) is 61.7 Å². The topological polar surface area (TPSA) is 9.23 Å². The van der Waals surface area contributed by atoms with E-state index in [2.05, 4.69) is 70.5 Å². The quantitative estimate of drug-likeness (QED) is 0.188. The Kier molecular flexibility index (Phi) is 14.7. The van der Waals surface area contributed by atoms with E-state index >= 15 is 0 Å². The highest BCUT2D eigenvalue weighted by Crippen LogP contribution is 2.12. The van der Waals surface area contributed by atoms with Gasteiger partial charge in [0.2, 0.25) is 3.57 Å². The lowest BCUT2D eigenvalue weighted by molar-refractivity contribution is -0.598. The second-order valence-corrected chi connectivity index (χ2v) is 9.93. The standard InChI is InChI=1S/C22H29BrIO.BrH/c23-18-12-5-3-1-2-4-6-13-19-25-22-17-11-10-16-21(22)24-20-14-8-7-9-15-20;/h7-11,14-17H,1-6,12-13,18-19H2;1H/q+1;/p-1. The highest BCUT2D eigenvalue weighted by atomic mass is 127. The summed E-state index contributed by atoms with van der Waals surface area (Å²) in [6, 6.07) is 19.3. The molecule has 0 saturated carbocycles. The van der Waals surface area contributed by atoms with Gasteiger partial charge in [0.05, 0.1) is 6.61 Å². The zero-order chi connectivity index (χ0) is 17.6. The van der Waals surface area contributed by atoms with E-state index in [0.717, 1.165) is 17.7 Å². The Hall–Kier alpha value is -0.0700. The number of para-hydroxylation sites is 1. The molecule has 0 aliphatic carbocycles. The molecule has 0 bridgehead atoms. The van der Waals surface area contributed by atoms with Crippen LogP contribution in [0.4, 0.5) is 0 Å². The fourth-order valence-corrected chi connectivity index (χ4v) is 5.51. The van der Waals surface area contributed by atoms with Gasteiger partial charge in [0.1, 0.15) is 0 Å². The van der Waals surface area contributed by atoms with Gasteiger partial charge in [-0.05, 0) is 37.1 Å². The second kappa shape index (κ2) is 15.9. The van der Waals surface area contributed by atoms with E-state index in [4.69, 9.17) is 4.74 Å². The molecule has 0 radical (unpaired) electrons. The van der Waals surface area contributed by atoms with Crippen LogP contribution in [0.5, 0.6) is 5.75 Å². The van der Waals surface area contributed by atoms with E-state index in [0.29, 0.717) is 0 Å². The summed E-state index contributed by atoms with van der Waals surface area (Å²) in [7, 11) is 0. The minimum Gasteiger partial charge on any atom is -1.00 e. The van der Waals surface area contributed by atoms with E-state index in [1.807, 2.05) is 0 Å². The van der Waals surface area contributed by atoms with Gasteiger partial charge in [-0.25, -0.2) is 0 Å². The molecule has 0 unspecified atom stereocenters. The third-order valence-electron chi connectivity index (χ3n) is 4.07. The Morgan fingerprint density at radius 3 is 1.96 bits per heavy atom. The molecule has 144 valence electrons. The average Bonchev–Trinajstić information content (AvgIpc) is 2.65. The molecule has 0 amide bonds. The fraction of sp³-hybridized carbons (Fsp3) is 0.455. The summed E-state index contributed by atoms with van der Waals surface area (Å²) in [6.07, 6.45) is 10.6. The molecule has 2 aromatic carbocycles. The Bertz CT molecular complexity index is 577. The Morgan fingerprint density at radius 2 is 1.27 bits per heavy atom. The van der Waals surface area contributed by atoms with Gasteiger partial charge in [0, 0.05) is 5.33 Å². The second-order valence-electron chi connectivity index (χ2n) is 6.19. The molecular formula is C22H29Br2IO. The van der Waals surface area contributed by atoms with Gasteiger partial charge in [0.25, 0.3) is 0 Å². The molecule has 0 aromatic heterocycles. The van der Waals surface area contributed by atoms with Gasteiger partial charge in [-0.2, -0.15) is 0 Å². The molecule has 26 heavy (non-hydrogen) atoms. The number of hydrogen-bond donors (Lipinski definition) is 0. The van der Waals surface area contributed by atoms with E-state index < -0.39 is 0 Å². The van der Waals surface area contributed by atoms with Crippen LogP contribution >= 0.6 is 15.9 Å². The zero-order valence-electron chi connectivity index (χ0n) is 15.3. The molecule has 2 rings (SSSR count). The van der Waals surface area contributed by atoms with Crippen molar-refractivity contribution in [2.75, 3.05) is 11.9 Å². The van der Waals surface area contributed by atoms with E-state index in [-0.39, 0.29) is 38.2 Å². The SMILES string of the molecule is BrCCCCCCCCCCOc1ccccc1[I+]c1ccccc1.[Br-]. The lowest BCUT2D eigenvalue weighted by atomic mass is 10.1. The smallest absolute Gasteiger partial charge is 0.362 e. The van der Waals surface area contributed by atoms with Gasteiger partial charge in [-0.3, -0.25) is 0 Å². The van der Waals surface area contributed by atoms with E-state index in [1.54, 1.807) is 0 Å². The molecule has 0 fully saturated rings. The monoisotopic (exact) mass is 594 g/mol. The first-order valence-electron chi connectivity index (χ1n) is 9.38. The molecule has 2 aromatic rings. The maximum atomic E-state index is 6.09. The molecule has 0 N–H and O–H groups in total. The maximum absolute atomic E-state index is 6.09. The van der Waals surface area contributed by atoms with Gasteiger partial charge >= 0.3 is 21.2 Å². The first-order valence-corrected chi connectivity index (χ1v) is 12.7. The maximum Gasteiger partial charge on any atom is 0.362 e. The van der Waals surface area contributed by atoms with Crippen molar-refractivity contribution in [2.24, 2.45) is 0 Å². The molecule has 1 nitrogen and oxygen atoms in total. The van der Waals surface area contributed by atoms with Gasteiger partial charge < -0.3 is 21.7 Å². The summed E-state index contributed by atoms with van der Waals surface area (Å²) in [5.41, 5.74) is 0. The van der Waals surface area contributed by atoms with Crippen LogP contribution in [-0.2, 0) is 0 Å². The number of ether oxygens (including phenoxy) is 1. The molecule has 0 saturated heterocycles. The molecule has 0 atom stereocenters. The largest absolute Gasteiger partial charge is 1.00 e. The summed E-state index contributed by atoms with van der Waals surface area (Å²) in [6.45, 7) is 0.846. The van der Waals surface area contributed by atoms with Crippen molar-refractivity contribution < 1.29 is 42.9 Å². The lowest BCUT2D eigenvalue weighted by Gasteiger charge is -2.06. The summed E-state index contributed by atoms with van der Waals surface area (Å²) in [5, 5.41) is 1.15. The summed E-state index contributed by atoms with van der Waals surface area (Å²) >= 11 is 3.33. The third-order valence-corrected chi connectivity index (χ3v) is 7.44. The van der Waals surface area contributed by atoms with Crippen LogP contribution in [0.1, 0.15) is 51.4 Å². The number of rotatable bonds is 13. The van der Waals surface area contributed by atoms with Crippen molar-refractivity contribution in [3.63, 3.8) is 0 Å². The van der Waals surface area contributed by atoms with Gasteiger partial charge in [0.15, 0.2) is 9.32 Å². The van der Waals surface area contributed by atoms with E-state index in [1.165, 1.54) is 58.5 Å². The van der Waals surface area contributed by atoms with Crippen molar-refractivity contribution in [2.45, 2.75) is 51.4 Å². The Labute approximate surface area is 188 Å². The van der Waals surface area contributed by atoms with Crippen LogP contribution < -0.4 is 42.9 Å². The molecule has 0 heterocycles. The minimum atomic E-state index is -0.161. The van der Waals surface area contributed by atoms with Crippen LogP contribution in [-0.4, -0.2) is 11.9 Å². The summed E-state index contributed by atoms with van der Waals surface area (Å²) in [5.74, 6) is 1.09. The molecule has 0 spiro atoms. The Balaban J connectivity index is 0.00000338. The van der Waals surface area contributed by atoms with Crippen LogP contribution in [0, 0.1) is 7.14 Å². The number of unbranched alkanes of at least 4 members (excludes halogenated alkanes) is 7. The van der Waals surface area contributed by atoms with E-state index in [9.17, 15) is 0 Å². The normalized spacial score (nSPS) is 10.3. The number of benzene rings is 2.